The number of ether oxygens (including phenoxy) is 1. The first-order valence-corrected chi connectivity index (χ1v) is 8.72. The van der Waals surface area contributed by atoms with Gasteiger partial charge in [0.2, 0.25) is 0 Å². The van der Waals surface area contributed by atoms with Crippen molar-refractivity contribution in [3.8, 4) is 33.8 Å². The highest BCUT2D eigenvalue weighted by Crippen LogP contribution is 2.33. The zero-order valence-electron chi connectivity index (χ0n) is 14.7. The third-order valence-electron chi connectivity index (χ3n) is 4.23. The maximum atomic E-state index is 9.52. The van der Waals surface area contributed by atoms with Gasteiger partial charge in [0.15, 0.2) is 0 Å². The third-order valence-corrected chi connectivity index (χ3v) is 4.23. The second kappa shape index (κ2) is 7.84. The normalized spacial score (nSPS) is 10.6. The van der Waals surface area contributed by atoms with E-state index in [9.17, 15) is 5.11 Å². The van der Waals surface area contributed by atoms with E-state index in [4.69, 9.17) is 4.74 Å². The Morgan fingerprint density at radius 1 is 0.840 bits per heavy atom. The first kappa shape index (κ1) is 17.0. The topological polar surface area (TPSA) is 42.4 Å². The number of pyridine rings is 1. The van der Waals surface area contributed by atoms with E-state index >= 15 is 0 Å². The Morgan fingerprint density at radius 3 is 1.92 bits per heavy atom. The molecule has 0 aliphatic carbocycles. The zero-order chi connectivity index (χ0) is 17.6. The Hall–Kier alpha value is -2.81. The molecule has 0 saturated heterocycles. The van der Waals surface area contributed by atoms with Gasteiger partial charge in [-0.05, 0) is 53.8 Å². The minimum Gasteiger partial charge on any atom is -0.508 e. The van der Waals surface area contributed by atoms with Crippen molar-refractivity contribution < 1.29 is 9.84 Å². The molecule has 3 rings (SSSR count). The number of nitrogens with zero attached hydrogens (tertiary/aromatic N) is 1. The fourth-order valence-electron chi connectivity index (χ4n) is 2.96. The number of aromatic hydroxyl groups is 1. The van der Waals surface area contributed by atoms with E-state index < -0.39 is 0 Å². The highest BCUT2D eigenvalue weighted by Gasteiger charge is 2.11. The molecule has 0 fully saturated rings. The molecule has 0 spiro atoms. The van der Waals surface area contributed by atoms with Crippen LogP contribution in [0.1, 0.15) is 25.8 Å². The number of hydrogen-bond donors (Lipinski definition) is 1. The molecule has 128 valence electrons. The average Bonchev–Trinajstić information content (AvgIpc) is 2.67. The first-order valence-electron chi connectivity index (χ1n) is 8.72. The summed E-state index contributed by atoms with van der Waals surface area (Å²) in [7, 11) is 0. The molecular formula is C22H23NO2. The van der Waals surface area contributed by atoms with E-state index in [2.05, 4.69) is 31.0 Å². The molecule has 1 aromatic heterocycles. The van der Waals surface area contributed by atoms with Crippen molar-refractivity contribution in [3.05, 3.63) is 66.5 Å². The van der Waals surface area contributed by atoms with Crippen molar-refractivity contribution >= 4 is 0 Å². The number of phenols is 1. The van der Waals surface area contributed by atoms with E-state index in [1.807, 2.05) is 36.7 Å². The second-order valence-electron chi connectivity index (χ2n) is 5.99. The summed E-state index contributed by atoms with van der Waals surface area (Å²) in [5.41, 5.74) is 5.69. The quantitative estimate of drug-likeness (QED) is 0.650. The predicted octanol–water partition coefficient (Wildman–Crippen LogP) is 5.47. The molecule has 0 aliphatic heterocycles. The van der Waals surface area contributed by atoms with Crippen LogP contribution in [0.15, 0.2) is 60.9 Å². The van der Waals surface area contributed by atoms with E-state index in [1.165, 1.54) is 5.56 Å². The van der Waals surface area contributed by atoms with Crippen LogP contribution in [0.3, 0.4) is 0 Å². The molecule has 2 aromatic carbocycles. The summed E-state index contributed by atoms with van der Waals surface area (Å²) >= 11 is 0. The van der Waals surface area contributed by atoms with Gasteiger partial charge in [0.25, 0.3) is 0 Å². The summed E-state index contributed by atoms with van der Waals surface area (Å²) in [6.07, 6.45) is 5.72. The summed E-state index contributed by atoms with van der Waals surface area (Å²) in [6.45, 7) is 4.99. The standard InChI is InChI=1S/C22H23NO2/c1-3-13-25-19-11-7-17(8-12-19)22-15-23-14-21(20(22)4-2)16-5-9-18(24)10-6-16/h5-12,14-15,24H,3-4,13H2,1-2H3. The third kappa shape index (κ3) is 3.82. The zero-order valence-corrected chi connectivity index (χ0v) is 14.7. The molecule has 0 bridgehead atoms. The van der Waals surface area contributed by atoms with E-state index in [0.29, 0.717) is 0 Å². The van der Waals surface area contributed by atoms with Crippen LogP contribution in [-0.2, 0) is 6.42 Å². The van der Waals surface area contributed by atoms with E-state index in [-0.39, 0.29) is 5.75 Å². The maximum Gasteiger partial charge on any atom is 0.119 e. The molecule has 1 N–H and O–H groups in total. The molecule has 0 radical (unpaired) electrons. The van der Waals surface area contributed by atoms with Crippen LogP contribution in [-0.4, -0.2) is 16.7 Å². The van der Waals surface area contributed by atoms with Gasteiger partial charge in [-0.3, -0.25) is 4.98 Å². The second-order valence-corrected chi connectivity index (χ2v) is 5.99. The van der Waals surface area contributed by atoms with Crippen molar-refractivity contribution in [2.24, 2.45) is 0 Å². The van der Waals surface area contributed by atoms with Gasteiger partial charge >= 0.3 is 0 Å². The van der Waals surface area contributed by atoms with Crippen LogP contribution in [0.5, 0.6) is 11.5 Å². The lowest BCUT2D eigenvalue weighted by atomic mass is 9.93. The van der Waals surface area contributed by atoms with Gasteiger partial charge in [0.1, 0.15) is 11.5 Å². The molecule has 0 saturated carbocycles. The van der Waals surface area contributed by atoms with Gasteiger partial charge in [0.05, 0.1) is 6.61 Å². The largest absolute Gasteiger partial charge is 0.508 e. The lowest BCUT2D eigenvalue weighted by Crippen LogP contribution is -1.96. The Kier molecular flexibility index (Phi) is 5.34. The van der Waals surface area contributed by atoms with Gasteiger partial charge < -0.3 is 9.84 Å². The summed E-state index contributed by atoms with van der Waals surface area (Å²) in [6, 6.07) is 15.5. The van der Waals surface area contributed by atoms with E-state index in [1.54, 1.807) is 12.1 Å². The fourth-order valence-corrected chi connectivity index (χ4v) is 2.96. The van der Waals surface area contributed by atoms with Crippen molar-refractivity contribution in [1.82, 2.24) is 4.98 Å². The Bertz CT molecular complexity index is 824. The predicted molar refractivity (Wildman–Crippen MR) is 102 cm³/mol. The maximum absolute atomic E-state index is 9.52. The summed E-state index contributed by atoms with van der Waals surface area (Å²) in [5, 5.41) is 9.52. The minimum atomic E-state index is 0.272. The Morgan fingerprint density at radius 2 is 1.40 bits per heavy atom. The van der Waals surface area contributed by atoms with E-state index in [0.717, 1.165) is 47.5 Å². The number of benzene rings is 2. The van der Waals surface area contributed by atoms with Gasteiger partial charge in [-0.25, -0.2) is 0 Å². The van der Waals surface area contributed by atoms with Crippen LogP contribution in [0.2, 0.25) is 0 Å². The number of hydrogen-bond acceptors (Lipinski definition) is 3. The van der Waals surface area contributed by atoms with Gasteiger partial charge in [-0.1, -0.05) is 38.1 Å². The van der Waals surface area contributed by atoms with Crippen LogP contribution in [0.25, 0.3) is 22.3 Å². The van der Waals surface area contributed by atoms with Crippen LogP contribution in [0, 0.1) is 0 Å². The molecule has 1 heterocycles. The molecule has 3 aromatic rings. The Balaban J connectivity index is 1.99. The fraction of sp³-hybridized carbons (Fsp3) is 0.227. The first-order chi connectivity index (χ1) is 12.2. The number of aromatic nitrogens is 1. The molecule has 25 heavy (non-hydrogen) atoms. The Labute approximate surface area is 148 Å². The number of rotatable bonds is 6. The molecule has 0 aliphatic rings. The summed E-state index contributed by atoms with van der Waals surface area (Å²) < 4.78 is 5.67. The van der Waals surface area contributed by atoms with Crippen LogP contribution < -0.4 is 4.74 Å². The van der Waals surface area contributed by atoms with Crippen molar-refractivity contribution in [3.63, 3.8) is 0 Å². The van der Waals surface area contributed by atoms with Crippen LogP contribution >= 0.6 is 0 Å². The molecule has 0 unspecified atom stereocenters. The lowest BCUT2D eigenvalue weighted by Gasteiger charge is -2.14. The average molecular weight is 333 g/mol. The molecule has 0 amide bonds. The highest BCUT2D eigenvalue weighted by atomic mass is 16.5. The summed E-state index contributed by atoms with van der Waals surface area (Å²) in [5.74, 6) is 1.17. The van der Waals surface area contributed by atoms with Crippen molar-refractivity contribution in [2.75, 3.05) is 6.61 Å². The van der Waals surface area contributed by atoms with Crippen molar-refractivity contribution in [1.29, 1.82) is 0 Å². The minimum absolute atomic E-state index is 0.272. The lowest BCUT2D eigenvalue weighted by molar-refractivity contribution is 0.317. The van der Waals surface area contributed by atoms with Gasteiger partial charge in [-0.15, -0.1) is 0 Å². The molecule has 3 nitrogen and oxygen atoms in total. The van der Waals surface area contributed by atoms with Crippen LogP contribution in [0.4, 0.5) is 0 Å². The molecule has 3 heteroatoms. The highest BCUT2D eigenvalue weighted by molar-refractivity contribution is 5.77. The number of phenolic OH excluding ortho intramolecular Hbond substituents is 1. The van der Waals surface area contributed by atoms with Gasteiger partial charge in [-0.2, -0.15) is 0 Å². The smallest absolute Gasteiger partial charge is 0.119 e. The molecule has 0 atom stereocenters. The summed E-state index contributed by atoms with van der Waals surface area (Å²) in [4.78, 5) is 4.45. The SMILES string of the molecule is CCCOc1ccc(-c2cncc(-c3ccc(O)cc3)c2CC)cc1. The van der Waals surface area contributed by atoms with Gasteiger partial charge in [0, 0.05) is 23.5 Å². The molecular weight excluding hydrogens is 310 g/mol. The monoisotopic (exact) mass is 333 g/mol. The van der Waals surface area contributed by atoms with Crippen molar-refractivity contribution in [2.45, 2.75) is 26.7 Å².